The molecule has 0 bridgehead atoms. The lowest BCUT2D eigenvalue weighted by atomic mass is 10.0. The van der Waals surface area contributed by atoms with Gasteiger partial charge >= 0.3 is 0 Å². The van der Waals surface area contributed by atoms with Crippen LogP contribution in [0, 0.1) is 0 Å². The highest BCUT2D eigenvalue weighted by Crippen LogP contribution is 2.18. The summed E-state index contributed by atoms with van der Waals surface area (Å²) in [6.07, 6.45) is 5.61. The van der Waals surface area contributed by atoms with E-state index in [1.54, 1.807) is 12.3 Å². The van der Waals surface area contributed by atoms with Crippen LogP contribution in [-0.2, 0) is 11.2 Å². The quantitative estimate of drug-likeness (QED) is 0.556. The number of allylic oxidation sites excluding steroid dienone is 1. The Labute approximate surface area is 141 Å². The van der Waals surface area contributed by atoms with E-state index in [1.165, 1.54) is 0 Å². The maximum absolute atomic E-state index is 12.0. The SMILES string of the molecule is O=C(Cc1cccc2ccccc12)NN=CC=Cc1ccccc1. The van der Waals surface area contributed by atoms with Crippen molar-refractivity contribution in [1.82, 2.24) is 5.43 Å². The van der Waals surface area contributed by atoms with Crippen LogP contribution in [0.4, 0.5) is 0 Å². The molecule has 3 aromatic rings. The van der Waals surface area contributed by atoms with Gasteiger partial charge in [0.05, 0.1) is 6.42 Å². The molecule has 3 rings (SSSR count). The summed E-state index contributed by atoms with van der Waals surface area (Å²) in [4.78, 5) is 12.0. The van der Waals surface area contributed by atoms with Gasteiger partial charge in [0.25, 0.3) is 0 Å². The zero-order valence-corrected chi connectivity index (χ0v) is 13.2. The molecule has 1 amide bonds. The van der Waals surface area contributed by atoms with Crippen molar-refractivity contribution < 1.29 is 4.79 Å². The highest BCUT2D eigenvalue weighted by molar-refractivity contribution is 5.90. The minimum atomic E-state index is -0.129. The molecule has 24 heavy (non-hydrogen) atoms. The first kappa shape index (κ1) is 15.7. The fourth-order valence-electron chi connectivity index (χ4n) is 2.53. The molecule has 0 atom stereocenters. The van der Waals surface area contributed by atoms with E-state index in [0.29, 0.717) is 6.42 Å². The normalized spacial score (nSPS) is 11.3. The average molecular weight is 314 g/mol. The second-order valence-corrected chi connectivity index (χ2v) is 5.40. The Morgan fingerprint density at radius 2 is 1.67 bits per heavy atom. The molecule has 3 aromatic carbocycles. The van der Waals surface area contributed by atoms with Gasteiger partial charge in [0.1, 0.15) is 0 Å². The summed E-state index contributed by atoms with van der Waals surface area (Å²) in [6, 6.07) is 24.0. The molecule has 3 nitrogen and oxygen atoms in total. The van der Waals surface area contributed by atoms with Crippen molar-refractivity contribution in [3.8, 4) is 0 Å². The van der Waals surface area contributed by atoms with Gasteiger partial charge in [-0.05, 0) is 28.0 Å². The number of fused-ring (bicyclic) bond motifs is 1. The molecule has 1 N–H and O–H groups in total. The van der Waals surface area contributed by atoms with E-state index < -0.39 is 0 Å². The van der Waals surface area contributed by atoms with E-state index >= 15 is 0 Å². The van der Waals surface area contributed by atoms with Crippen LogP contribution in [0.1, 0.15) is 11.1 Å². The van der Waals surface area contributed by atoms with Gasteiger partial charge in [-0.3, -0.25) is 4.79 Å². The van der Waals surface area contributed by atoms with Crippen molar-refractivity contribution in [2.75, 3.05) is 0 Å². The minimum Gasteiger partial charge on any atom is -0.273 e. The first-order valence-corrected chi connectivity index (χ1v) is 7.83. The third kappa shape index (κ3) is 4.17. The molecule has 0 saturated carbocycles. The molecule has 0 radical (unpaired) electrons. The monoisotopic (exact) mass is 314 g/mol. The fraction of sp³-hybridized carbons (Fsp3) is 0.0476. The summed E-state index contributed by atoms with van der Waals surface area (Å²) in [6.45, 7) is 0. The summed E-state index contributed by atoms with van der Waals surface area (Å²) in [5, 5.41) is 6.19. The number of amides is 1. The van der Waals surface area contributed by atoms with Gasteiger partial charge in [0, 0.05) is 6.21 Å². The van der Waals surface area contributed by atoms with Crippen molar-refractivity contribution in [1.29, 1.82) is 0 Å². The van der Waals surface area contributed by atoms with Crippen LogP contribution in [0.15, 0.2) is 84.0 Å². The van der Waals surface area contributed by atoms with E-state index in [2.05, 4.69) is 10.5 Å². The van der Waals surface area contributed by atoms with E-state index in [-0.39, 0.29) is 5.91 Å². The van der Waals surface area contributed by atoms with Gasteiger partial charge in [-0.2, -0.15) is 5.10 Å². The number of nitrogens with zero attached hydrogens (tertiary/aromatic N) is 1. The first-order valence-electron chi connectivity index (χ1n) is 7.83. The van der Waals surface area contributed by atoms with Gasteiger partial charge in [0.15, 0.2) is 0 Å². The summed E-state index contributed by atoms with van der Waals surface area (Å²) >= 11 is 0. The van der Waals surface area contributed by atoms with Crippen LogP contribution >= 0.6 is 0 Å². The van der Waals surface area contributed by atoms with Gasteiger partial charge in [-0.15, -0.1) is 0 Å². The Hall–Kier alpha value is -3.20. The molecule has 118 valence electrons. The van der Waals surface area contributed by atoms with Crippen molar-refractivity contribution in [2.45, 2.75) is 6.42 Å². The molecule has 0 aliphatic heterocycles. The molecule has 0 aromatic heterocycles. The van der Waals surface area contributed by atoms with Crippen molar-refractivity contribution >= 4 is 29.0 Å². The van der Waals surface area contributed by atoms with Crippen LogP contribution < -0.4 is 5.43 Å². The zero-order chi connectivity index (χ0) is 16.6. The molecule has 3 heteroatoms. The summed E-state index contributed by atoms with van der Waals surface area (Å²) in [7, 11) is 0. The molecular weight excluding hydrogens is 296 g/mol. The Morgan fingerprint density at radius 1 is 0.917 bits per heavy atom. The number of benzene rings is 3. The summed E-state index contributed by atoms with van der Waals surface area (Å²) in [5.74, 6) is -0.129. The number of hydrogen-bond donors (Lipinski definition) is 1. The summed E-state index contributed by atoms with van der Waals surface area (Å²) in [5.41, 5.74) is 4.65. The lowest BCUT2D eigenvalue weighted by Crippen LogP contribution is -2.19. The van der Waals surface area contributed by atoms with Crippen LogP contribution in [0.5, 0.6) is 0 Å². The zero-order valence-electron chi connectivity index (χ0n) is 13.2. The lowest BCUT2D eigenvalue weighted by Gasteiger charge is -2.05. The van der Waals surface area contributed by atoms with E-state index in [1.807, 2.05) is 78.9 Å². The number of carbonyl (C=O) groups excluding carboxylic acids is 1. The number of hydrazone groups is 1. The lowest BCUT2D eigenvalue weighted by molar-refractivity contribution is -0.120. The standard InChI is InChI=1S/C21H18N2O/c24-21(23-22-15-7-10-17-8-2-1-3-9-17)16-19-13-6-12-18-11-4-5-14-20(18)19/h1-15H,16H2,(H,23,24). The highest BCUT2D eigenvalue weighted by Gasteiger charge is 2.05. The molecule has 0 saturated heterocycles. The van der Waals surface area contributed by atoms with Gasteiger partial charge < -0.3 is 0 Å². The second kappa shape index (κ2) is 7.88. The van der Waals surface area contributed by atoms with Crippen molar-refractivity contribution in [3.63, 3.8) is 0 Å². The fourth-order valence-corrected chi connectivity index (χ4v) is 2.53. The highest BCUT2D eigenvalue weighted by atomic mass is 16.2. The Balaban J connectivity index is 1.57. The van der Waals surface area contributed by atoms with Gasteiger partial charge in [-0.25, -0.2) is 5.43 Å². The van der Waals surface area contributed by atoms with Crippen LogP contribution in [0.3, 0.4) is 0 Å². The van der Waals surface area contributed by atoms with E-state index in [9.17, 15) is 4.79 Å². The molecule has 0 spiro atoms. The number of hydrogen-bond acceptors (Lipinski definition) is 2. The molecular formula is C21H18N2O. The Bertz CT molecular complexity index is 877. The number of carbonyl (C=O) groups is 1. The maximum Gasteiger partial charge on any atom is 0.244 e. The van der Waals surface area contributed by atoms with Crippen LogP contribution in [0.2, 0.25) is 0 Å². The predicted octanol–water partition coefficient (Wildman–Crippen LogP) is 4.20. The first-order chi connectivity index (χ1) is 11.8. The third-order valence-corrected chi connectivity index (χ3v) is 3.67. The smallest absolute Gasteiger partial charge is 0.244 e. The van der Waals surface area contributed by atoms with Crippen LogP contribution in [0.25, 0.3) is 16.8 Å². The minimum absolute atomic E-state index is 0.129. The third-order valence-electron chi connectivity index (χ3n) is 3.67. The average Bonchev–Trinajstić information content (AvgIpc) is 2.63. The molecule has 0 aliphatic carbocycles. The molecule has 0 unspecified atom stereocenters. The van der Waals surface area contributed by atoms with Crippen LogP contribution in [-0.4, -0.2) is 12.1 Å². The van der Waals surface area contributed by atoms with Crippen molar-refractivity contribution in [2.24, 2.45) is 5.10 Å². The molecule has 0 fully saturated rings. The molecule has 0 heterocycles. The van der Waals surface area contributed by atoms with Gasteiger partial charge in [-0.1, -0.05) is 78.9 Å². The maximum atomic E-state index is 12.0. The topological polar surface area (TPSA) is 41.5 Å². The van der Waals surface area contributed by atoms with Gasteiger partial charge in [0.2, 0.25) is 5.91 Å². The Kier molecular flexibility index (Phi) is 5.15. The molecule has 0 aliphatic rings. The number of rotatable bonds is 5. The van der Waals surface area contributed by atoms with E-state index in [4.69, 9.17) is 0 Å². The van der Waals surface area contributed by atoms with Crippen molar-refractivity contribution in [3.05, 3.63) is 90.0 Å². The van der Waals surface area contributed by atoms with E-state index in [0.717, 1.165) is 21.9 Å². The largest absolute Gasteiger partial charge is 0.273 e. The summed E-state index contributed by atoms with van der Waals surface area (Å²) < 4.78 is 0. The number of nitrogens with one attached hydrogen (secondary N) is 1. The second-order valence-electron chi connectivity index (χ2n) is 5.40. The Morgan fingerprint density at radius 3 is 2.54 bits per heavy atom. The predicted molar refractivity (Wildman–Crippen MR) is 99.8 cm³/mol.